The second-order valence-electron chi connectivity index (χ2n) is 3.35. The third-order valence-corrected chi connectivity index (χ3v) is 2.61. The monoisotopic (exact) mass is 264 g/mol. The largest absolute Gasteiger partial charge is 0.397 e. The molecular formula is C7H11F3O5S. The van der Waals surface area contributed by atoms with Gasteiger partial charge in [-0.2, -0.15) is 8.78 Å². The molecule has 1 heterocycles. The van der Waals surface area contributed by atoms with Crippen LogP contribution in [0.5, 0.6) is 0 Å². The fourth-order valence-electron chi connectivity index (χ4n) is 1.28. The number of halogens is 3. The standard InChI is InChI=1S/C7H11F3O5S/c1-3-4(11)5(8,12)6(9,13)7(10,14-3)15-16-2/h3-4,11-13H,1-2H3/t3-,4+,5+,6-,7?/m1/s1. The van der Waals surface area contributed by atoms with Gasteiger partial charge in [0.1, 0.15) is 6.10 Å². The van der Waals surface area contributed by atoms with Gasteiger partial charge in [0.05, 0.1) is 6.10 Å². The van der Waals surface area contributed by atoms with Crippen molar-refractivity contribution in [1.82, 2.24) is 0 Å². The van der Waals surface area contributed by atoms with E-state index in [1.807, 2.05) is 0 Å². The molecule has 0 amide bonds. The van der Waals surface area contributed by atoms with Gasteiger partial charge in [-0.25, -0.2) is 8.57 Å². The lowest BCUT2D eigenvalue weighted by Gasteiger charge is -2.47. The van der Waals surface area contributed by atoms with Crippen LogP contribution < -0.4 is 0 Å². The maximum absolute atomic E-state index is 13.7. The highest BCUT2D eigenvalue weighted by molar-refractivity contribution is 7.93. The van der Waals surface area contributed by atoms with E-state index in [9.17, 15) is 13.2 Å². The topological polar surface area (TPSA) is 79.2 Å². The minimum atomic E-state index is -4.56. The molecule has 0 bridgehead atoms. The Hall–Kier alpha value is -0.0600. The molecular weight excluding hydrogens is 253 g/mol. The normalized spacial score (nSPS) is 54.0. The zero-order chi connectivity index (χ0) is 12.8. The van der Waals surface area contributed by atoms with Crippen molar-refractivity contribution in [1.29, 1.82) is 0 Å². The molecule has 0 radical (unpaired) electrons. The summed E-state index contributed by atoms with van der Waals surface area (Å²) < 4.78 is 48.7. The van der Waals surface area contributed by atoms with Crippen LogP contribution in [0.4, 0.5) is 13.2 Å². The molecule has 0 aromatic rings. The minimum Gasteiger partial charge on any atom is -0.384 e. The first-order valence-corrected chi connectivity index (χ1v) is 5.34. The van der Waals surface area contributed by atoms with Crippen LogP contribution in [-0.2, 0) is 8.92 Å². The molecule has 1 aliphatic rings. The molecule has 5 atom stereocenters. The third kappa shape index (κ3) is 1.71. The lowest BCUT2D eigenvalue weighted by Crippen LogP contribution is -2.74. The van der Waals surface area contributed by atoms with E-state index in [1.165, 1.54) is 0 Å². The summed E-state index contributed by atoms with van der Waals surface area (Å²) >= 11 is 0.254. The molecule has 0 aliphatic carbocycles. The summed E-state index contributed by atoms with van der Waals surface area (Å²) in [4.78, 5) is 0. The molecule has 1 saturated heterocycles. The van der Waals surface area contributed by atoms with Gasteiger partial charge >= 0.3 is 17.8 Å². The second kappa shape index (κ2) is 4.00. The molecule has 16 heavy (non-hydrogen) atoms. The molecule has 1 aliphatic heterocycles. The molecule has 0 saturated carbocycles. The van der Waals surface area contributed by atoms with Crippen molar-refractivity contribution in [2.45, 2.75) is 36.9 Å². The molecule has 1 rings (SSSR count). The number of aliphatic hydroxyl groups excluding tert-OH is 1. The Morgan fingerprint density at radius 1 is 1.31 bits per heavy atom. The summed E-state index contributed by atoms with van der Waals surface area (Å²) in [5.74, 6) is -8.82. The van der Waals surface area contributed by atoms with Crippen LogP contribution in [0.1, 0.15) is 6.92 Å². The van der Waals surface area contributed by atoms with E-state index in [2.05, 4.69) is 8.92 Å². The fourth-order valence-corrected chi connectivity index (χ4v) is 1.64. The molecule has 1 fully saturated rings. The minimum absolute atomic E-state index is 0.254. The van der Waals surface area contributed by atoms with Gasteiger partial charge in [0.15, 0.2) is 0 Å². The highest BCUT2D eigenvalue weighted by atomic mass is 32.2. The highest BCUT2D eigenvalue weighted by Gasteiger charge is 2.77. The van der Waals surface area contributed by atoms with E-state index in [0.29, 0.717) is 0 Å². The summed E-state index contributed by atoms with van der Waals surface area (Å²) in [6, 6.07) is -3.92. The molecule has 5 nitrogen and oxygen atoms in total. The zero-order valence-electron chi connectivity index (χ0n) is 8.35. The predicted octanol–water partition coefficient (Wildman–Crippen LogP) is 0.0001000. The first kappa shape index (κ1) is 14.0. The van der Waals surface area contributed by atoms with Crippen LogP contribution in [-0.4, -0.2) is 51.5 Å². The molecule has 0 spiro atoms. The molecule has 0 aromatic heterocycles. The molecule has 0 aromatic carbocycles. The average Bonchev–Trinajstić information content (AvgIpc) is 2.14. The van der Waals surface area contributed by atoms with Crippen LogP contribution >= 0.6 is 12.0 Å². The van der Waals surface area contributed by atoms with Gasteiger partial charge in [-0.3, -0.25) is 0 Å². The van der Waals surface area contributed by atoms with Gasteiger partial charge in [-0.1, -0.05) is 0 Å². The first-order chi connectivity index (χ1) is 7.10. The summed E-state index contributed by atoms with van der Waals surface area (Å²) in [7, 11) is 0. The van der Waals surface area contributed by atoms with Crippen LogP contribution in [0.3, 0.4) is 0 Å². The third-order valence-electron chi connectivity index (χ3n) is 2.22. The number of alkyl halides is 3. The summed E-state index contributed by atoms with van der Waals surface area (Å²) in [6.45, 7) is 0.975. The van der Waals surface area contributed by atoms with Gasteiger partial charge in [-0.05, 0) is 19.0 Å². The molecule has 3 N–H and O–H groups in total. The van der Waals surface area contributed by atoms with Crippen molar-refractivity contribution in [3.8, 4) is 0 Å². The fraction of sp³-hybridized carbons (Fsp3) is 1.00. The quantitative estimate of drug-likeness (QED) is 0.609. The van der Waals surface area contributed by atoms with E-state index in [0.717, 1.165) is 13.2 Å². The Labute approximate surface area is 93.4 Å². The molecule has 1 unspecified atom stereocenters. The number of ether oxygens (including phenoxy) is 1. The van der Waals surface area contributed by atoms with E-state index in [4.69, 9.17) is 15.3 Å². The SMILES string of the molecule is CSOC1(F)O[C@H](C)[C@H](O)[C@@](O)(F)[C@]1(O)F. The number of aliphatic hydroxyl groups is 3. The smallest absolute Gasteiger partial charge is 0.384 e. The van der Waals surface area contributed by atoms with Gasteiger partial charge in [0.25, 0.3) is 0 Å². The van der Waals surface area contributed by atoms with E-state index in [-0.39, 0.29) is 12.0 Å². The predicted molar refractivity (Wildman–Crippen MR) is 47.1 cm³/mol. The van der Waals surface area contributed by atoms with Crippen LogP contribution in [0.2, 0.25) is 0 Å². The Morgan fingerprint density at radius 3 is 2.25 bits per heavy atom. The Balaban J connectivity index is 3.15. The van der Waals surface area contributed by atoms with Crippen molar-refractivity contribution in [2.24, 2.45) is 0 Å². The van der Waals surface area contributed by atoms with Crippen molar-refractivity contribution in [3.05, 3.63) is 0 Å². The Kier molecular flexibility index (Phi) is 3.50. The zero-order valence-corrected chi connectivity index (χ0v) is 9.17. The van der Waals surface area contributed by atoms with Crippen LogP contribution in [0.25, 0.3) is 0 Å². The lowest BCUT2D eigenvalue weighted by molar-refractivity contribution is -0.501. The Bertz CT molecular complexity index is 277. The first-order valence-electron chi connectivity index (χ1n) is 4.19. The van der Waals surface area contributed by atoms with Gasteiger partial charge in [0.2, 0.25) is 0 Å². The molecule has 96 valence electrons. The van der Waals surface area contributed by atoms with Crippen molar-refractivity contribution in [2.75, 3.05) is 6.26 Å². The summed E-state index contributed by atoms with van der Waals surface area (Å²) in [5.41, 5.74) is 0. The van der Waals surface area contributed by atoms with Crippen LogP contribution in [0, 0.1) is 0 Å². The maximum Gasteiger partial charge on any atom is 0.397 e. The van der Waals surface area contributed by atoms with E-state index >= 15 is 0 Å². The van der Waals surface area contributed by atoms with Crippen molar-refractivity contribution in [3.63, 3.8) is 0 Å². The number of hydrogen-bond acceptors (Lipinski definition) is 6. The van der Waals surface area contributed by atoms with E-state index in [1.54, 1.807) is 0 Å². The molecule has 9 heteroatoms. The van der Waals surface area contributed by atoms with Crippen LogP contribution in [0.15, 0.2) is 0 Å². The van der Waals surface area contributed by atoms with E-state index < -0.39 is 30.0 Å². The second-order valence-corrected chi connectivity index (χ2v) is 3.85. The average molecular weight is 264 g/mol. The maximum atomic E-state index is 13.7. The van der Waals surface area contributed by atoms with Gasteiger partial charge in [0, 0.05) is 6.26 Å². The summed E-state index contributed by atoms with van der Waals surface area (Å²) in [5, 5.41) is 27.0. The lowest BCUT2D eigenvalue weighted by atomic mass is 9.94. The highest BCUT2D eigenvalue weighted by Crippen LogP contribution is 2.48. The van der Waals surface area contributed by atoms with Crippen molar-refractivity contribution < 1.29 is 37.4 Å². The van der Waals surface area contributed by atoms with Gasteiger partial charge in [-0.15, -0.1) is 0 Å². The van der Waals surface area contributed by atoms with Crippen molar-refractivity contribution >= 4 is 12.0 Å². The number of rotatable bonds is 2. The summed E-state index contributed by atoms with van der Waals surface area (Å²) in [6.07, 6.45) is -2.92. The van der Waals surface area contributed by atoms with Gasteiger partial charge < -0.3 is 20.1 Å². The number of hydrogen-bond donors (Lipinski definition) is 3. The Morgan fingerprint density at radius 2 is 1.81 bits per heavy atom.